The number of rotatable bonds is 1. The van der Waals surface area contributed by atoms with E-state index in [1.807, 2.05) is 25.1 Å². The Balaban J connectivity index is 2.46. The first-order valence-electron chi connectivity index (χ1n) is 4.38. The van der Waals surface area contributed by atoms with Gasteiger partial charge in [0.1, 0.15) is 5.82 Å². The van der Waals surface area contributed by atoms with E-state index in [9.17, 15) is 4.79 Å². The van der Waals surface area contributed by atoms with Gasteiger partial charge in [-0.1, -0.05) is 0 Å². The molecule has 0 aromatic carbocycles. The van der Waals surface area contributed by atoms with E-state index in [-0.39, 0.29) is 6.03 Å². The van der Waals surface area contributed by atoms with Crippen LogP contribution >= 0.6 is 0 Å². The van der Waals surface area contributed by atoms with Crippen molar-refractivity contribution in [1.29, 1.82) is 0 Å². The van der Waals surface area contributed by atoms with Gasteiger partial charge in [-0.15, -0.1) is 0 Å². The third kappa shape index (κ3) is 1.37. The SMILES string of the molecule is CN(C)c1ccnc2c1CNC(=O)N2. The van der Waals surface area contributed by atoms with E-state index >= 15 is 0 Å². The highest BCUT2D eigenvalue weighted by Crippen LogP contribution is 2.25. The molecule has 0 radical (unpaired) electrons. The van der Waals surface area contributed by atoms with Crippen molar-refractivity contribution < 1.29 is 4.79 Å². The van der Waals surface area contributed by atoms with Crippen molar-refractivity contribution in [2.75, 3.05) is 24.3 Å². The Labute approximate surface area is 82.1 Å². The smallest absolute Gasteiger partial charge is 0.320 e. The number of hydrogen-bond donors (Lipinski definition) is 2. The number of anilines is 2. The number of nitrogens with one attached hydrogen (secondary N) is 2. The molecule has 1 aromatic heterocycles. The Morgan fingerprint density at radius 1 is 1.50 bits per heavy atom. The normalized spacial score (nSPS) is 14.0. The monoisotopic (exact) mass is 192 g/mol. The van der Waals surface area contributed by atoms with Gasteiger partial charge in [0.2, 0.25) is 0 Å². The largest absolute Gasteiger partial charge is 0.377 e. The molecule has 0 saturated heterocycles. The predicted octanol–water partition coefficient (Wildman–Crippen LogP) is 0.783. The summed E-state index contributed by atoms with van der Waals surface area (Å²) in [5, 5.41) is 5.38. The quantitative estimate of drug-likeness (QED) is 0.691. The number of amides is 2. The van der Waals surface area contributed by atoms with Crippen LogP contribution in [0.3, 0.4) is 0 Å². The Morgan fingerprint density at radius 2 is 2.29 bits per heavy atom. The van der Waals surface area contributed by atoms with E-state index in [2.05, 4.69) is 15.6 Å². The van der Waals surface area contributed by atoms with Crippen LogP contribution in [0.25, 0.3) is 0 Å². The average Bonchev–Trinajstić information content (AvgIpc) is 2.16. The molecule has 0 unspecified atom stereocenters. The van der Waals surface area contributed by atoms with Crippen LogP contribution in [-0.4, -0.2) is 25.1 Å². The van der Waals surface area contributed by atoms with Crippen molar-refractivity contribution in [3.05, 3.63) is 17.8 Å². The van der Waals surface area contributed by atoms with E-state index in [4.69, 9.17) is 0 Å². The molecule has 2 rings (SSSR count). The average molecular weight is 192 g/mol. The number of carbonyl (C=O) groups is 1. The lowest BCUT2D eigenvalue weighted by Crippen LogP contribution is -2.34. The first-order chi connectivity index (χ1) is 6.68. The highest BCUT2D eigenvalue weighted by atomic mass is 16.2. The lowest BCUT2D eigenvalue weighted by atomic mass is 10.1. The van der Waals surface area contributed by atoms with Crippen molar-refractivity contribution >= 4 is 17.5 Å². The zero-order valence-electron chi connectivity index (χ0n) is 8.16. The first-order valence-corrected chi connectivity index (χ1v) is 4.38. The van der Waals surface area contributed by atoms with Crippen molar-refractivity contribution in [2.45, 2.75) is 6.54 Å². The van der Waals surface area contributed by atoms with Crippen LogP contribution in [-0.2, 0) is 6.54 Å². The van der Waals surface area contributed by atoms with Crippen LogP contribution in [0.4, 0.5) is 16.3 Å². The molecule has 0 atom stereocenters. The maximum Gasteiger partial charge on any atom is 0.320 e. The summed E-state index contributed by atoms with van der Waals surface area (Å²) in [6.07, 6.45) is 1.69. The summed E-state index contributed by atoms with van der Waals surface area (Å²) in [5.41, 5.74) is 2.10. The lowest BCUT2D eigenvalue weighted by molar-refractivity contribution is 0.250. The van der Waals surface area contributed by atoms with Crippen LogP contribution in [0.2, 0.25) is 0 Å². The molecule has 74 valence electrons. The summed E-state index contributed by atoms with van der Waals surface area (Å²) >= 11 is 0. The van der Waals surface area contributed by atoms with E-state index in [1.54, 1.807) is 6.20 Å². The molecule has 0 saturated carbocycles. The van der Waals surface area contributed by atoms with Gasteiger partial charge in [0, 0.05) is 31.5 Å². The van der Waals surface area contributed by atoms with Crippen molar-refractivity contribution in [2.24, 2.45) is 0 Å². The van der Waals surface area contributed by atoms with E-state index in [0.29, 0.717) is 12.4 Å². The summed E-state index contributed by atoms with van der Waals surface area (Å²) in [7, 11) is 3.93. The summed E-state index contributed by atoms with van der Waals surface area (Å²) in [6.45, 7) is 0.530. The molecule has 5 heteroatoms. The molecule has 0 aliphatic carbocycles. The minimum Gasteiger partial charge on any atom is -0.377 e. The molecule has 1 aliphatic rings. The van der Waals surface area contributed by atoms with Gasteiger partial charge in [-0.05, 0) is 6.07 Å². The standard InChI is InChI=1S/C9H12N4O/c1-13(2)7-3-4-10-8-6(7)5-11-9(14)12-8/h3-4H,5H2,1-2H3,(H2,10,11,12,14). The molecule has 1 aliphatic heterocycles. The van der Waals surface area contributed by atoms with Gasteiger partial charge in [-0.2, -0.15) is 0 Å². The fourth-order valence-corrected chi connectivity index (χ4v) is 1.50. The van der Waals surface area contributed by atoms with Crippen LogP contribution in [0.15, 0.2) is 12.3 Å². The van der Waals surface area contributed by atoms with Crippen molar-refractivity contribution in [1.82, 2.24) is 10.3 Å². The second kappa shape index (κ2) is 3.17. The Hall–Kier alpha value is -1.78. The highest BCUT2D eigenvalue weighted by molar-refractivity contribution is 5.92. The van der Waals surface area contributed by atoms with Crippen LogP contribution in [0.1, 0.15) is 5.56 Å². The molecular weight excluding hydrogens is 180 g/mol. The van der Waals surface area contributed by atoms with E-state index < -0.39 is 0 Å². The number of aromatic nitrogens is 1. The van der Waals surface area contributed by atoms with E-state index in [0.717, 1.165) is 11.3 Å². The molecule has 2 amide bonds. The molecule has 2 heterocycles. The van der Waals surface area contributed by atoms with Gasteiger partial charge in [0.15, 0.2) is 0 Å². The summed E-state index contributed by atoms with van der Waals surface area (Å²) in [5.74, 6) is 0.653. The Kier molecular flexibility index (Phi) is 1.99. The minimum atomic E-state index is -0.194. The van der Waals surface area contributed by atoms with Crippen molar-refractivity contribution in [3.8, 4) is 0 Å². The molecule has 0 bridgehead atoms. The molecule has 14 heavy (non-hydrogen) atoms. The number of nitrogens with zero attached hydrogens (tertiary/aromatic N) is 2. The second-order valence-corrected chi connectivity index (χ2v) is 3.36. The number of hydrogen-bond acceptors (Lipinski definition) is 3. The molecule has 5 nitrogen and oxygen atoms in total. The summed E-state index contributed by atoms with van der Waals surface area (Å²) in [4.78, 5) is 17.1. The van der Waals surface area contributed by atoms with E-state index in [1.165, 1.54) is 0 Å². The van der Waals surface area contributed by atoms with Crippen LogP contribution in [0, 0.1) is 0 Å². The van der Waals surface area contributed by atoms with Crippen molar-refractivity contribution in [3.63, 3.8) is 0 Å². The van der Waals surface area contributed by atoms with Crippen LogP contribution < -0.4 is 15.5 Å². The maximum absolute atomic E-state index is 11.0. The topological polar surface area (TPSA) is 57.3 Å². The Bertz CT molecular complexity index is 375. The number of pyridine rings is 1. The molecule has 0 fully saturated rings. The summed E-state index contributed by atoms with van der Waals surface area (Å²) < 4.78 is 0. The lowest BCUT2D eigenvalue weighted by Gasteiger charge is -2.23. The van der Waals surface area contributed by atoms with Gasteiger partial charge in [-0.3, -0.25) is 5.32 Å². The van der Waals surface area contributed by atoms with Crippen LogP contribution in [0.5, 0.6) is 0 Å². The van der Waals surface area contributed by atoms with Gasteiger partial charge in [0.05, 0.1) is 6.54 Å². The number of urea groups is 1. The zero-order chi connectivity index (χ0) is 10.1. The molecule has 1 aromatic rings. The highest BCUT2D eigenvalue weighted by Gasteiger charge is 2.18. The fraction of sp³-hybridized carbons (Fsp3) is 0.333. The van der Waals surface area contributed by atoms with Gasteiger partial charge in [0.25, 0.3) is 0 Å². The Morgan fingerprint density at radius 3 is 3.00 bits per heavy atom. The zero-order valence-corrected chi connectivity index (χ0v) is 8.16. The number of carbonyl (C=O) groups excluding carboxylic acids is 1. The maximum atomic E-state index is 11.0. The third-order valence-corrected chi connectivity index (χ3v) is 2.17. The molecule has 2 N–H and O–H groups in total. The fourth-order valence-electron chi connectivity index (χ4n) is 1.50. The minimum absolute atomic E-state index is 0.194. The summed E-state index contributed by atoms with van der Waals surface area (Å²) in [6, 6.07) is 1.73. The first kappa shape index (κ1) is 8.80. The predicted molar refractivity (Wildman–Crippen MR) is 54.4 cm³/mol. The molecule has 0 spiro atoms. The number of fused-ring (bicyclic) bond motifs is 1. The van der Waals surface area contributed by atoms with Gasteiger partial charge < -0.3 is 10.2 Å². The second-order valence-electron chi connectivity index (χ2n) is 3.36. The third-order valence-electron chi connectivity index (χ3n) is 2.17. The molecular formula is C9H12N4O. The van der Waals surface area contributed by atoms with Gasteiger partial charge in [-0.25, -0.2) is 9.78 Å². The van der Waals surface area contributed by atoms with Gasteiger partial charge >= 0.3 is 6.03 Å².